The van der Waals surface area contributed by atoms with E-state index < -0.39 is 0 Å². The first-order chi connectivity index (χ1) is 9.06. The summed E-state index contributed by atoms with van der Waals surface area (Å²) in [5.41, 5.74) is 7.57. The molecule has 1 fully saturated rings. The summed E-state index contributed by atoms with van der Waals surface area (Å²) in [7, 11) is 0. The summed E-state index contributed by atoms with van der Waals surface area (Å²) in [6.45, 7) is 7.09. The van der Waals surface area contributed by atoms with Crippen LogP contribution in [0.3, 0.4) is 0 Å². The van der Waals surface area contributed by atoms with Gasteiger partial charge in [0, 0.05) is 19.2 Å². The number of anilines is 1. The van der Waals surface area contributed by atoms with Crippen molar-refractivity contribution in [1.29, 1.82) is 0 Å². The predicted octanol–water partition coefficient (Wildman–Crippen LogP) is 1.09. The highest BCUT2D eigenvalue weighted by Gasteiger charge is 2.32. The second-order valence-electron chi connectivity index (χ2n) is 4.88. The molecule has 0 atom stereocenters. The fourth-order valence-electron chi connectivity index (χ4n) is 2.37. The van der Waals surface area contributed by atoms with Gasteiger partial charge in [-0.05, 0) is 33.6 Å². The van der Waals surface area contributed by atoms with Crippen molar-refractivity contribution in [2.75, 3.05) is 12.3 Å². The molecule has 1 aromatic rings. The van der Waals surface area contributed by atoms with Gasteiger partial charge in [0.25, 0.3) is 5.91 Å². The molecule has 6 heteroatoms. The molecule has 0 spiro atoms. The van der Waals surface area contributed by atoms with Crippen molar-refractivity contribution in [2.24, 2.45) is 0 Å². The molecule has 1 amide bonds. The predicted molar refractivity (Wildman–Crippen MR) is 73.0 cm³/mol. The quantitative estimate of drug-likeness (QED) is 0.836. The van der Waals surface area contributed by atoms with Gasteiger partial charge in [-0.2, -0.15) is 5.10 Å². The summed E-state index contributed by atoms with van der Waals surface area (Å²) in [6, 6.07) is 0.184. The van der Waals surface area contributed by atoms with Crippen LogP contribution in [0.4, 0.5) is 5.69 Å². The lowest BCUT2D eigenvalue weighted by atomic mass is 9.89. The Morgan fingerprint density at radius 3 is 2.79 bits per heavy atom. The first kappa shape index (κ1) is 13.9. The van der Waals surface area contributed by atoms with Gasteiger partial charge in [-0.1, -0.05) is 0 Å². The molecule has 1 saturated carbocycles. The van der Waals surface area contributed by atoms with E-state index in [9.17, 15) is 4.79 Å². The number of nitrogen functional groups attached to an aromatic ring is 1. The first-order valence-electron chi connectivity index (χ1n) is 6.82. The van der Waals surface area contributed by atoms with E-state index in [-0.39, 0.29) is 18.1 Å². The summed E-state index contributed by atoms with van der Waals surface area (Å²) < 4.78 is 7.13. The minimum absolute atomic E-state index is 0.139. The topological polar surface area (TPSA) is 82.2 Å². The van der Waals surface area contributed by atoms with Crippen molar-refractivity contribution in [3.05, 3.63) is 11.4 Å². The molecule has 6 nitrogen and oxygen atoms in total. The number of rotatable bonds is 5. The maximum absolute atomic E-state index is 12.2. The number of hydrogen-bond donors (Lipinski definition) is 2. The normalized spacial score (nSPS) is 22.1. The maximum atomic E-state index is 12.2. The number of carbonyl (C=O) groups is 1. The number of ether oxygens (including phenoxy) is 1. The van der Waals surface area contributed by atoms with E-state index >= 15 is 0 Å². The zero-order chi connectivity index (χ0) is 14.0. The molecular formula is C13H22N4O2. The minimum atomic E-state index is -0.139. The van der Waals surface area contributed by atoms with Gasteiger partial charge >= 0.3 is 0 Å². The van der Waals surface area contributed by atoms with Crippen molar-refractivity contribution >= 4 is 11.6 Å². The molecule has 1 aliphatic rings. The molecular weight excluding hydrogens is 244 g/mol. The summed E-state index contributed by atoms with van der Waals surface area (Å²) in [6.07, 6.45) is 2.03. The summed E-state index contributed by atoms with van der Waals surface area (Å²) in [5.74, 6) is -0.139. The first-order valence-corrected chi connectivity index (χ1v) is 6.82. The Balaban J connectivity index is 1.98. The van der Waals surface area contributed by atoms with E-state index in [1.165, 1.54) is 0 Å². The number of aryl methyl sites for hydroxylation is 2. The van der Waals surface area contributed by atoms with Crippen LogP contribution in [0.1, 0.15) is 42.9 Å². The van der Waals surface area contributed by atoms with Crippen LogP contribution in [-0.2, 0) is 11.3 Å². The van der Waals surface area contributed by atoms with Gasteiger partial charge in [0.1, 0.15) is 5.69 Å². The standard InChI is InChI=1S/C13H22N4O2/c1-4-17-12(11(14)8(3)16-17)13(18)15-9-6-10(7-9)19-5-2/h9-10H,4-7,14H2,1-3H3,(H,15,18). The van der Waals surface area contributed by atoms with E-state index in [4.69, 9.17) is 10.5 Å². The third kappa shape index (κ3) is 2.73. The highest BCUT2D eigenvalue weighted by Crippen LogP contribution is 2.24. The van der Waals surface area contributed by atoms with Crippen LogP contribution in [-0.4, -0.2) is 34.4 Å². The number of hydrogen-bond acceptors (Lipinski definition) is 4. The van der Waals surface area contributed by atoms with Crippen molar-refractivity contribution in [3.8, 4) is 0 Å². The molecule has 3 N–H and O–H groups in total. The average Bonchev–Trinajstić information content (AvgIpc) is 2.62. The minimum Gasteiger partial charge on any atom is -0.395 e. The van der Waals surface area contributed by atoms with Gasteiger partial charge in [-0.15, -0.1) is 0 Å². The highest BCUT2D eigenvalue weighted by molar-refractivity contribution is 5.98. The zero-order valence-corrected chi connectivity index (χ0v) is 11.8. The Bertz CT molecular complexity index is 463. The number of nitrogens with two attached hydrogens (primary N) is 1. The SMILES string of the molecule is CCOC1CC(NC(=O)c2c(N)c(C)nn2CC)C1. The molecule has 1 aliphatic carbocycles. The number of amides is 1. The Morgan fingerprint density at radius 1 is 1.53 bits per heavy atom. The van der Waals surface area contributed by atoms with E-state index in [2.05, 4.69) is 10.4 Å². The van der Waals surface area contributed by atoms with Crippen LogP contribution >= 0.6 is 0 Å². The summed E-state index contributed by atoms with van der Waals surface area (Å²) in [4.78, 5) is 12.2. The Kier molecular flexibility index (Phi) is 4.09. The lowest BCUT2D eigenvalue weighted by Crippen LogP contribution is -2.48. The largest absolute Gasteiger partial charge is 0.395 e. The van der Waals surface area contributed by atoms with E-state index in [1.54, 1.807) is 4.68 Å². The molecule has 0 aromatic carbocycles. The average molecular weight is 266 g/mol. The van der Waals surface area contributed by atoms with Crippen LogP contribution in [0.15, 0.2) is 0 Å². The molecule has 0 bridgehead atoms. The molecule has 19 heavy (non-hydrogen) atoms. The Morgan fingerprint density at radius 2 is 2.21 bits per heavy atom. The third-order valence-electron chi connectivity index (χ3n) is 3.52. The smallest absolute Gasteiger partial charge is 0.271 e. The number of nitrogens with one attached hydrogen (secondary N) is 1. The molecule has 0 radical (unpaired) electrons. The fraction of sp³-hybridized carbons (Fsp3) is 0.692. The van der Waals surface area contributed by atoms with Crippen molar-refractivity contribution in [1.82, 2.24) is 15.1 Å². The van der Waals surface area contributed by atoms with Gasteiger partial charge < -0.3 is 15.8 Å². The summed E-state index contributed by atoms with van der Waals surface area (Å²) in [5, 5.41) is 7.24. The summed E-state index contributed by atoms with van der Waals surface area (Å²) >= 11 is 0. The number of carbonyl (C=O) groups excluding carboxylic acids is 1. The second-order valence-corrected chi connectivity index (χ2v) is 4.88. The van der Waals surface area contributed by atoms with Gasteiger partial charge in [-0.3, -0.25) is 9.48 Å². The lowest BCUT2D eigenvalue weighted by Gasteiger charge is -2.35. The molecule has 0 aliphatic heterocycles. The van der Waals surface area contributed by atoms with Crippen molar-refractivity contribution in [3.63, 3.8) is 0 Å². The van der Waals surface area contributed by atoms with Gasteiger partial charge in [0.2, 0.25) is 0 Å². The highest BCUT2D eigenvalue weighted by atomic mass is 16.5. The lowest BCUT2D eigenvalue weighted by molar-refractivity contribution is -0.00870. The zero-order valence-electron chi connectivity index (χ0n) is 11.8. The van der Waals surface area contributed by atoms with Gasteiger partial charge in [-0.25, -0.2) is 0 Å². The molecule has 2 rings (SSSR count). The molecule has 106 valence electrons. The van der Waals surface area contributed by atoms with Crippen LogP contribution in [0, 0.1) is 6.92 Å². The van der Waals surface area contributed by atoms with Crippen LogP contribution < -0.4 is 11.1 Å². The molecule has 1 aromatic heterocycles. The molecule has 0 saturated heterocycles. The van der Waals surface area contributed by atoms with Crippen molar-refractivity contribution in [2.45, 2.75) is 52.3 Å². The maximum Gasteiger partial charge on any atom is 0.271 e. The fourth-order valence-corrected chi connectivity index (χ4v) is 2.37. The van der Waals surface area contributed by atoms with E-state index in [0.717, 1.165) is 19.4 Å². The number of nitrogens with zero attached hydrogens (tertiary/aromatic N) is 2. The monoisotopic (exact) mass is 266 g/mol. The van der Waals surface area contributed by atoms with Crippen molar-refractivity contribution < 1.29 is 9.53 Å². The Labute approximate surface area is 113 Å². The molecule has 1 heterocycles. The van der Waals surface area contributed by atoms with E-state index in [1.807, 2.05) is 20.8 Å². The number of aromatic nitrogens is 2. The molecule has 0 unspecified atom stereocenters. The third-order valence-corrected chi connectivity index (χ3v) is 3.52. The van der Waals surface area contributed by atoms with Crippen LogP contribution in [0.5, 0.6) is 0 Å². The van der Waals surface area contributed by atoms with Gasteiger partial charge in [0.05, 0.1) is 17.5 Å². The van der Waals surface area contributed by atoms with E-state index in [0.29, 0.717) is 23.6 Å². The van der Waals surface area contributed by atoms with Crippen LogP contribution in [0.2, 0.25) is 0 Å². The second kappa shape index (κ2) is 5.61. The Hall–Kier alpha value is -1.56. The van der Waals surface area contributed by atoms with Gasteiger partial charge in [0.15, 0.2) is 0 Å². The van der Waals surface area contributed by atoms with Crippen LogP contribution in [0.25, 0.3) is 0 Å².